The second-order valence-electron chi connectivity index (χ2n) is 20.9. The van der Waals surface area contributed by atoms with E-state index in [1.54, 1.807) is 30.6 Å². The van der Waals surface area contributed by atoms with Gasteiger partial charge in [0.15, 0.2) is 11.4 Å². The van der Waals surface area contributed by atoms with Crippen LogP contribution in [0.3, 0.4) is 0 Å². The number of aromatic nitrogens is 3. The first kappa shape index (κ1) is 45.1. The minimum atomic E-state index is -4.74. The van der Waals surface area contributed by atoms with Gasteiger partial charge in [-0.25, -0.2) is 9.71 Å². The number of hydrogen-bond acceptors (Lipinski definition) is 12. The number of carbonyl (C=O) groups excluding carboxylic acids is 1. The summed E-state index contributed by atoms with van der Waals surface area (Å²) in [5.41, 5.74) is 5.07. The molecule has 16 heteroatoms. The van der Waals surface area contributed by atoms with Gasteiger partial charge in [-0.15, -0.1) is 0 Å². The van der Waals surface area contributed by atoms with E-state index >= 15 is 0 Å². The van der Waals surface area contributed by atoms with Crippen molar-refractivity contribution in [2.45, 2.75) is 127 Å². The van der Waals surface area contributed by atoms with E-state index in [-0.39, 0.29) is 35.4 Å². The third kappa shape index (κ3) is 9.18. The highest BCUT2D eigenvalue weighted by atomic mass is 32.2. The molecule has 354 valence electrons. The first-order valence-electron chi connectivity index (χ1n) is 24.1. The lowest BCUT2D eigenvalue weighted by Crippen LogP contribution is -2.54. The molecule has 4 fully saturated rings. The number of nitro groups is 1. The molecule has 2 saturated carbocycles. The molecule has 3 N–H and O–H groups in total. The number of carbonyl (C=O) groups is 1. The molecular weight excluding hydrogens is 869 g/mol. The standard InChI is InChI=1S/C51H62N8O7S/c1-32(2)39-8-5-6-9-40(39)42-10-7-21-58(42)37-28-51(29-37)18-22-57(23-19-51)36-11-12-41(43(26-36)66-38-25-34-15-20-52-47(34)53-30-38)49(60)56-67(63,64)45-27-44-46(48(55-45)59(61)62)54-35(31-65-44)24-33-13-16-50(3,4)17-14-33/h5-6,8-9,11-12,15,20,25-27,30,32-33,35,37,42,54H,7,10,13-14,16-19,21-24,28-29,31H2,1-4H3,(H,52,53)(H,56,60)/t35-,42-/m0/s1. The van der Waals surface area contributed by atoms with Crippen molar-refractivity contribution in [2.24, 2.45) is 16.7 Å². The van der Waals surface area contributed by atoms with Crippen molar-refractivity contribution < 1.29 is 27.6 Å². The zero-order valence-electron chi connectivity index (χ0n) is 38.9. The molecular formula is C51H62N8O7S. The number of pyridine rings is 2. The van der Waals surface area contributed by atoms with Crippen molar-refractivity contribution in [3.8, 4) is 17.2 Å². The molecule has 67 heavy (non-hydrogen) atoms. The van der Waals surface area contributed by atoms with Crippen LogP contribution in [0.1, 0.15) is 132 Å². The number of benzene rings is 2. The summed E-state index contributed by atoms with van der Waals surface area (Å²) in [5.74, 6) is -0.239. The molecule has 0 unspecified atom stereocenters. The SMILES string of the molecule is CC(C)c1ccccc1[C@@H]1CCCN1C1CC2(CCN(c3ccc(C(=O)NS(=O)(=O)c4cc5c(c([N+](=O)[O-])n4)N[C@@H](CC4CCC(C)(C)CC4)CO5)c(Oc4cnc5[nH]ccc5c4)c3)CC2)C1. The van der Waals surface area contributed by atoms with Gasteiger partial charge < -0.3 is 34.8 Å². The Hall–Kier alpha value is -5.74. The van der Waals surface area contributed by atoms with Gasteiger partial charge in [-0.05, 0) is 145 Å². The van der Waals surface area contributed by atoms with Crippen molar-refractivity contribution in [3.05, 3.63) is 99.9 Å². The minimum Gasteiger partial charge on any atom is -0.489 e. The Bertz CT molecular complexity index is 2780. The Kier molecular flexibility index (Phi) is 11.9. The van der Waals surface area contributed by atoms with E-state index in [9.17, 15) is 23.3 Å². The van der Waals surface area contributed by atoms with Crippen molar-refractivity contribution in [2.75, 3.05) is 36.5 Å². The molecule has 0 bridgehead atoms. The van der Waals surface area contributed by atoms with Crippen molar-refractivity contribution in [1.29, 1.82) is 0 Å². The van der Waals surface area contributed by atoms with Gasteiger partial charge in [0.05, 0.1) is 17.8 Å². The largest absolute Gasteiger partial charge is 0.489 e. The second kappa shape index (κ2) is 17.7. The van der Waals surface area contributed by atoms with E-state index in [0.29, 0.717) is 46.1 Å². The zero-order valence-corrected chi connectivity index (χ0v) is 39.7. The van der Waals surface area contributed by atoms with Gasteiger partial charge in [0.2, 0.25) is 0 Å². The Balaban J connectivity index is 0.845. The molecule has 2 aliphatic carbocycles. The van der Waals surface area contributed by atoms with Crippen molar-refractivity contribution in [3.63, 3.8) is 0 Å². The zero-order chi connectivity index (χ0) is 46.7. The van der Waals surface area contributed by atoms with Crippen LogP contribution in [0.5, 0.6) is 17.2 Å². The number of anilines is 2. The summed E-state index contributed by atoms with van der Waals surface area (Å²) < 4.78 is 42.3. The molecule has 2 atom stereocenters. The Labute approximate surface area is 392 Å². The number of sulfonamides is 1. The van der Waals surface area contributed by atoms with Crippen LogP contribution in [0.2, 0.25) is 0 Å². The molecule has 6 heterocycles. The van der Waals surface area contributed by atoms with Gasteiger partial charge in [0.1, 0.15) is 23.8 Å². The van der Waals surface area contributed by atoms with Crippen LogP contribution in [-0.4, -0.2) is 77.4 Å². The third-order valence-corrected chi connectivity index (χ3v) is 16.8. The predicted octanol–water partition coefficient (Wildman–Crippen LogP) is 10.3. The minimum absolute atomic E-state index is 0.00929. The lowest BCUT2D eigenvalue weighted by molar-refractivity contribution is -0.389. The first-order valence-corrected chi connectivity index (χ1v) is 25.6. The monoisotopic (exact) mass is 930 g/mol. The highest BCUT2D eigenvalue weighted by Crippen LogP contribution is 2.54. The summed E-state index contributed by atoms with van der Waals surface area (Å²) in [6, 6.07) is 19.8. The highest BCUT2D eigenvalue weighted by molar-refractivity contribution is 7.90. The molecule has 2 saturated heterocycles. The van der Waals surface area contributed by atoms with Crippen LogP contribution in [0.15, 0.2) is 78.1 Å². The topological polar surface area (TPSA) is 185 Å². The van der Waals surface area contributed by atoms with Crippen molar-refractivity contribution >= 4 is 44.2 Å². The number of aromatic amines is 1. The number of H-pyrrole nitrogens is 1. The summed E-state index contributed by atoms with van der Waals surface area (Å²) in [7, 11) is -4.74. The van der Waals surface area contributed by atoms with Crippen LogP contribution >= 0.6 is 0 Å². The number of rotatable bonds is 12. The maximum Gasteiger partial charge on any atom is 0.392 e. The predicted molar refractivity (Wildman–Crippen MR) is 258 cm³/mol. The Morgan fingerprint density at radius 3 is 2.55 bits per heavy atom. The molecule has 0 radical (unpaired) electrons. The number of piperidine rings is 1. The molecule has 1 spiro atoms. The summed E-state index contributed by atoms with van der Waals surface area (Å²) in [6.45, 7) is 12.2. The Morgan fingerprint density at radius 2 is 1.79 bits per heavy atom. The molecule has 3 aliphatic heterocycles. The van der Waals surface area contributed by atoms with Crippen LogP contribution in [-0.2, 0) is 10.0 Å². The van der Waals surface area contributed by atoms with E-state index in [1.165, 1.54) is 36.8 Å². The number of fused-ring (bicyclic) bond motifs is 2. The van der Waals surface area contributed by atoms with Crippen LogP contribution in [0.25, 0.3) is 11.0 Å². The first-order chi connectivity index (χ1) is 32.1. The quantitative estimate of drug-likeness (QED) is 0.0796. The van der Waals surface area contributed by atoms with E-state index in [0.717, 1.165) is 81.7 Å². The summed E-state index contributed by atoms with van der Waals surface area (Å²) in [6.07, 6.45) is 15.4. The van der Waals surface area contributed by atoms with Crippen LogP contribution in [0.4, 0.5) is 17.2 Å². The second-order valence-corrected chi connectivity index (χ2v) is 22.6. The third-order valence-electron chi connectivity index (χ3n) is 15.6. The van der Waals surface area contributed by atoms with Gasteiger partial charge in [-0.2, -0.15) is 8.42 Å². The Morgan fingerprint density at radius 1 is 1.01 bits per heavy atom. The molecule has 10 rings (SSSR count). The molecule has 3 aromatic heterocycles. The van der Waals surface area contributed by atoms with Gasteiger partial charge in [0.25, 0.3) is 10.9 Å². The number of ether oxygens (including phenoxy) is 2. The molecule has 15 nitrogen and oxygen atoms in total. The lowest BCUT2D eigenvalue weighted by Gasteiger charge is -2.56. The summed E-state index contributed by atoms with van der Waals surface area (Å²) in [4.78, 5) is 42.3. The molecule has 5 aliphatic rings. The number of nitrogens with one attached hydrogen (secondary N) is 3. The summed E-state index contributed by atoms with van der Waals surface area (Å²) in [5, 5.41) is 15.7. The van der Waals surface area contributed by atoms with Gasteiger partial charge in [-0.1, -0.05) is 52.0 Å². The average Bonchev–Trinajstić information content (AvgIpc) is 3.98. The van der Waals surface area contributed by atoms with Gasteiger partial charge in [0, 0.05) is 54.6 Å². The van der Waals surface area contributed by atoms with Crippen LogP contribution in [0, 0.1) is 26.9 Å². The fourth-order valence-electron chi connectivity index (χ4n) is 11.7. The molecule has 1 amide bonds. The lowest BCUT2D eigenvalue weighted by atomic mass is 9.59. The highest BCUT2D eigenvalue weighted by Gasteiger charge is 2.50. The number of nitrogens with zero attached hydrogens (tertiary/aromatic N) is 5. The average molecular weight is 931 g/mol. The van der Waals surface area contributed by atoms with E-state index in [2.05, 4.69) is 86.8 Å². The number of likely N-dealkylation sites (tertiary alicyclic amines) is 1. The molecule has 2 aromatic carbocycles. The normalized spacial score (nSPS) is 22.0. The van der Waals surface area contributed by atoms with Crippen molar-refractivity contribution in [1.82, 2.24) is 24.6 Å². The fourth-order valence-corrected chi connectivity index (χ4v) is 12.6. The maximum absolute atomic E-state index is 14.1. The smallest absolute Gasteiger partial charge is 0.392 e. The number of hydrogen-bond donors (Lipinski definition) is 3. The van der Waals surface area contributed by atoms with Gasteiger partial charge in [-0.3, -0.25) is 9.69 Å². The van der Waals surface area contributed by atoms with Gasteiger partial charge >= 0.3 is 15.8 Å². The number of amides is 1. The maximum atomic E-state index is 14.1. The van der Waals surface area contributed by atoms with E-state index in [1.807, 2.05) is 12.1 Å². The molecule has 5 aromatic rings. The summed E-state index contributed by atoms with van der Waals surface area (Å²) >= 11 is 0. The fraction of sp³-hybridized carbons (Fsp3) is 0.510. The van der Waals surface area contributed by atoms with E-state index in [4.69, 9.17) is 9.47 Å². The van der Waals surface area contributed by atoms with Crippen LogP contribution < -0.4 is 24.4 Å². The van der Waals surface area contributed by atoms with E-state index < -0.39 is 31.7 Å².